The fourth-order valence-electron chi connectivity index (χ4n) is 3.31. The lowest BCUT2D eigenvalue weighted by molar-refractivity contribution is -0.385. The molecule has 0 atom stereocenters. The Morgan fingerprint density at radius 2 is 1.84 bits per heavy atom. The number of nitrogens with one attached hydrogen (secondary N) is 3. The number of furan rings is 1. The molecule has 0 fully saturated rings. The summed E-state index contributed by atoms with van der Waals surface area (Å²) >= 11 is 0. The number of hydrogen-bond acceptors (Lipinski definition) is 13. The van der Waals surface area contributed by atoms with Crippen LogP contribution in [0, 0.1) is 10.1 Å². The smallest absolute Gasteiger partial charge is 0.282 e. The summed E-state index contributed by atoms with van der Waals surface area (Å²) in [4.78, 5) is 24.0. The number of hydrogen-bond donors (Lipinski definition) is 3. The minimum absolute atomic E-state index is 0.00601. The van der Waals surface area contributed by atoms with Gasteiger partial charge in [0.25, 0.3) is 5.69 Å². The molecule has 188 valence electrons. The maximum atomic E-state index is 11.5. The molecular weight excluding hydrogens is 484 g/mol. The van der Waals surface area contributed by atoms with Crippen LogP contribution in [0.25, 0.3) is 0 Å². The van der Waals surface area contributed by atoms with Crippen molar-refractivity contribution >= 4 is 35.4 Å². The van der Waals surface area contributed by atoms with Gasteiger partial charge in [-0.15, -0.1) is 0 Å². The summed E-state index contributed by atoms with van der Waals surface area (Å²) in [6, 6.07) is 13.6. The molecule has 14 nitrogen and oxygen atoms in total. The molecule has 1 aliphatic rings. The molecule has 2 aromatic heterocycles. The fraction of sp³-hybridized carbons (Fsp3) is 0.130. The van der Waals surface area contributed by atoms with Gasteiger partial charge >= 0.3 is 0 Å². The number of benzene rings is 2. The average Bonchev–Trinajstić information content (AvgIpc) is 3.59. The van der Waals surface area contributed by atoms with Gasteiger partial charge in [0.15, 0.2) is 11.5 Å². The lowest BCUT2D eigenvalue weighted by Crippen LogP contribution is -2.09. The Morgan fingerprint density at radius 3 is 2.57 bits per heavy atom. The maximum absolute atomic E-state index is 11.5. The van der Waals surface area contributed by atoms with Gasteiger partial charge < -0.3 is 29.3 Å². The zero-order valence-corrected chi connectivity index (χ0v) is 19.4. The Bertz CT molecular complexity index is 1430. The molecule has 0 unspecified atom stereocenters. The van der Waals surface area contributed by atoms with Crippen molar-refractivity contribution < 1.29 is 23.6 Å². The van der Waals surface area contributed by atoms with Crippen LogP contribution >= 0.6 is 0 Å². The molecule has 0 aliphatic carbocycles. The zero-order chi connectivity index (χ0) is 25.6. The number of fused-ring (bicyclic) bond motifs is 1. The van der Waals surface area contributed by atoms with Crippen LogP contribution in [0.15, 0.2) is 64.3 Å². The molecule has 0 bridgehead atoms. The highest BCUT2D eigenvalue weighted by atomic mass is 16.7. The second-order valence-electron chi connectivity index (χ2n) is 7.48. The first-order chi connectivity index (χ1) is 18.1. The number of aromatic nitrogens is 3. The van der Waals surface area contributed by atoms with Gasteiger partial charge in [0.1, 0.15) is 11.5 Å². The number of nitro benzene ring substituents is 1. The van der Waals surface area contributed by atoms with Crippen LogP contribution in [0.1, 0.15) is 11.3 Å². The molecule has 0 amide bonds. The Balaban J connectivity index is 1.38. The SMILES string of the molecule is COc1ccc(Nc2nc(NCc3ccco3)nc(N/N=C\c3cc4c(cc3[N+](=O)[O-])OCO4)n2)cc1. The largest absolute Gasteiger partial charge is 0.497 e. The summed E-state index contributed by atoms with van der Waals surface area (Å²) in [6.45, 7) is 0.332. The lowest BCUT2D eigenvalue weighted by Gasteiger charge is -2.10. The molecule has 4 aromatic rings. The van der Waals surface area contributed by atoms with Gasteiger partial charge in [-0.25, -0.2) is 5.43 Å². The van der Waals surface area contributed by atoms with Gasteiger partial charge in [0.05, 0.1) is 42.7 Å². The highest BCUT2D eigenvalue weighted by Gasteiger charge is 2.22. The molecule has 14 heteroatoms. The van der Waals surface area contributed by atoms with E-state index in [0.29, 0.717) is 29.6 Å². The number of anilines is 4. The van der Waals surface area contributed by atoms with Crippen LogP contribution in [0.3, 0.4) is 0 Å². The molecule has 3 heterocycles. The first-order valence-electron chi connectivity index (χ1n) is 10.9. The van der Waals surface area contributed by atoms with Gasteiger partial charge in [0, 0.05) is 5.69 Å². The summed E-state index contributed by atoms with van der Waals surface area (Å²) in [5.41, 5.74) is 3.44. The predicted octanol–water partition coefficient (Wildman–Crippen LogP) is 3.91. The van der Waals surface area contributed by atoms with Crippen molar-refractivity contribution in [3.8, 4) is 17.2 Å². The number of nitrogens with zero attached hydrogens (tertiary/aromatic N) is 5. The highest BCUT2D eigenvalue weighted by Crippen LogP contribution is 2.37. The minimum atomic E-state index is -0.528. The summed E-state index contributed by atoms with van der Waals surface area (Å²) in [6.07, 6.45) is 2.84. The third-order valence-electron chi connectivity index (χ3n) is 5.07. The first kappa shape index (κ1) is 23.3. The van der Waals surface area contributed by atoms with Gasteiger partial charge in [-0.1, -0.05) is 0 Å². The van der Waals surface area contributed by atoms with Gasteiger partial charge in [0.2, 0.25) is 24.6 Å². The summed E-state index contributed by atoms with van der Waals surface area (Å²) in [5, 5.41) is 21.7. The van der Waals surface area contributed by atoms with Crippen molar-refractivity contribution in [2.45, 2.75) is 6.54 Å². The van der Waals surface area contributed by atoms with E-state index in [1.54, 1.807) is 31.6 Å². The zero-order valence-electron chi connectivity index (χ0n) is 19.4. The Hall–Kier alpha value is -5.40. The molecule has 3 N–H and O–H groups in total. The van der Waals surface area contributed by atoms with Crippen LogP contribution in [0.2, 0.25) is 0 Å². The highest BCUT2D eigenvalue weighted by molar-refractivity contribution is 5.87. The van der Waals surface area contributed by atoms with Crippen molar-refractivity contribution in [1.29, 1.82) is 0 Å². The maximum Gasteiger partial charge on any atom is 0.282 e. The van der Waals surface area contributed by atoms with Crippen molar-refractivity contribution in [2.75, 3.05) is 30.0 Å². The molecular formula is C23H20N8O6. The minimum Gasteiger partial charge on any atom is -0.497 e. The van der Waals surface area contributed by atoms with E-state index in [2.05, 4.69) is 36.1 Å². The van der Waals surface area contributed by atoms with E-state index in [1.807, 2.05) is 18.2 Å². The summed E-state index contributed by atoms with van der Waals surface area (Å²) in [7, 11) is 1.59. The van der Waals surface area contributed by atoms with Crippen LogP contribution in [-0.2, 0) is 6.54 Å². The first-order valence-corrected chi connectivity index (χ1v) is 10.9. The van der Waals surface area contributed by atoms with Crippen LogP contribution < -0.4 is 30.3 Å². The normalized spacial score (nSPS) is 11.9. The molecule has 5 rings (SSSR count). The Morgan fingerprint density at radius 1 is 1.08 bits per heavy atom. The van der Waals surface area contributed by atoms with Gasteiger partial charge in [-0.05, 0) is 42.5 Å². The van der Waals surface area contributed by atoms with E-state index in [1.165, 1.54) is 18.3 Å². The van der Waals surface area contributed by atoms with Gasteiger partial charge in [-0.2, -0.15) is 20.1 Å². The topological polar surface area (TPSA) is 171 Å². The van der Waals surface area contributed by atoms with Crippen molar-refractivity contribution in [1.82, 2.24) is 15.0 Å². The second kappa shape index (κ2) is 10.5. The van der Waals surface area contributed by atoms with E-state index >= 15 is 0 Å². The molecule has 0 saturated heterocycles. The monoisotopic (exact) mass is 504 g/mol. The number of nitro groups is 1. The number of hydrazone groups is 1. The molecule has 0 saturated carbocycles. The third kappa shape index (κ3) is 5.64. The van der Waals surface area contributed by atoms with Crippen LogP contribution in [0.5, 0.6) is 17.2 Å². The predicted molar refractivity (Wildman–Crippen MR) is 133 cm³/mol. The lowest BCUT2D eigenvalue weighted by atomic mass is 10.1. The summed E-state index contributed by atoms with van der Waals surface area (Å²) in [5.74, 6) is 2.65. The number of methoxy groups -OCH3 is 1. The average molecular weight is 504 g/mol. The van der Waals surface area contributed by atoms with Crippen molar-refractivity contribution in [3.05, 3.63) is 76.2 Å². The molecule has 1 aliphatic heterocycles. The number of ether oxygens (including phenoxy) is 3. The molecule has 2 aromatic carbocycles. The van der Waals surface area contributed by atoms with E-state index in [-0.39, 0.29) is 35.9 Å². The van der Waals surface area contributed by atoms with Crippen molar-refractivity contribution in [3.63, 3.8) is 0 Å². The summed E-state index contributed by atoms with van der Waals surface area (Å²) < 4.78 is 21.0. The van der Waals surface area contributed by atoms with Crippen molar-refractivity contribution in [2.24, 2.45) is 5.10 Å². The Kier molecular flexibility index (Phi) is 6.61. The van der Waals surface area contributed by atoms with E-state index in [9.17, 15) is 10.1 Å². The third-order valence-corrected chi connectivity index (χ3v) is 5.07. The fourth-order valence-corrected chi connectivity index (χ4v) is 3.31. The van der Waals surface area contributed by atoms with E-state index < -0.39 is 4.92 Å². The quantitative estimate of drug-likeness (QED) is 0.162. The standard InChI is InChI=1S/C23H20N8O6/c1-34-16-6-4-15(5-7-16)26-22-27-21(24-12-17-3-2-8-35-17)28-23(29-22)30-25-11-14-9-19-20(37-13-36-19)10-18(14)31(32)33/h2-11H,12-13H2,1H3,(H3,24,26,27,28,29,30)/b25-11-. The molecule has 37 heavy (non-hydrogen) atoms. The van der Waals surface area contributed by atoms with E-state index in [0.717, 1.165) is 5.69 Å². The van der Waals surface area contributed by atoms with E-state index in [4.69, 9.17) is 18.6 Å². The molecule has 0 spiro atoms. The second-order valence-corrected chi connectivity index (χ2v) is 7.48. The Labute approximate surface area is 209 Å². The van der Waals surface area contributed by atoms with Crippen LogP contribution in [0.4, 0.5) is 29.2 Å². The molecule has 0 radical (unpaired) electrons. The van der Waals surface area contributed by atoms with Gasteiger partial charge in [-0.3, -0.25) is 10.1 Å². The number of rotatable bonds is 10. The van der Waals surface area contributed by atoms with Crippen LogP contribution in [-0.4, -0.2) is 40.0 Å².